The van der Waals surface area contributed by atoms with Crippen LogP contribution < -0.4 is 16.6 Å². The van der Waals surface area contributed by atoms with Crippen LogP contribution in [0.3, 0.4) is 0 Å². The van der Waals surface area contributed by atoms with Crippen molar-refractivity contribution in [2.45, 2.75) is 0 Å². The Bertz CT molecular complexity index is 432. The Kier molecular flexibility index (Phi) is 9.21. The fraction of sp³-hybridized carbons (Fsp3) is 0.200. The molecule has 0 amide bonds. The van der Waals surface area contributed by atoms with Gasteiger partial charge in [-0.3, -0.25) is 0 Å². The summed E-state index contributed by atoms with van der Waals surface area (Å²) in [5.41, 5.74) is 5.28. The van der Waals surface area contributed by atoms with Gasteiger partial charge in [0.1, 0.15) is 0 Å². The third-order valence-electron chi connectivity index (χ3n) is 1.22. The van der Waals surface area contributed by atoms with Gasteiger partial charge in [0.15, 0.2) is 0 Å². The highest BCUT2D eigenvalue weighted by molar-refractivity contribution is 7.88. The van der Waals surface area contributed by atoms with Gasteiger partial charge in [-0.15, -0.1) is 0 Å². The van der Waals surface area contributed by atoms with Crippen molar-refractivity contribution in [3.63, 3.8) is 0 Å². The van der Waals surface area contributed by atoms with E-state index in [1.54, 1.807) is 12.1 Å². The third-order valence-corrected chi connectivity index (χ3v) is 1.69. The number of hydrogen-bond acceptors (Lipinski definition) is 4. The zero-order valence-electron chi connectivity index (χ0n) is 9.40. The molecule has 0 bridgehead atoms. The molecule has 0 aliphatic rings. The summed E-state index contributed by atoms with van der Waals surface area (Å²) in [5, 5.41) is 0. The summed E-state index contributed by atoms with van der Waals surface area (Å²) in [7, 11) is -1.72. The minimum Gasteiger partial charge on any atom is -0.344 e. The molecule has 90 valence electrons. The molecule has 16 heavy (non-hydrogen) atoms. The number of hydrogen-bond donors (Lipinski definition) is 3. The topological polar surface area (TPSA) is 107 Å². The molecule has 0 atom stereocenters. The minimum atomic E-state index is -3.22. The summed E-state index contributed by atoms with van der Waals surface area (Å²) in [4.78, 5) is 0. The average molecular weight is 243 g/mol. The fourth-order valence-electron chi connectivity index (χ4n) is 0.712. The average Bonchev–Trinajstić information content (AvgIpc) is 2.20. The molecule has 0 spiro atoms. The maximum absolute atomic E-state index is 10.6. The van der Waals surface area contributed by atoms with Crippen molar-refractivity contribution in [3.05, 3.63) is 35.9 Å². The lowest BCUT2D eigenvalue weighted by molar-refractivity contribution is 0.597. The van der Waals surface area contributed by atoms with Crippen molar-refractivity contribution in [3.8, 4) is 12.0 Å². The van der Waals surface area contributed by atoms with E-state index in [9.17, 15) is 8.42 Å². The van der Waals surface area contributed by atoms with E-state index in [4.69, 9.17) is 0 Å². The van der Waals surface area contributed by atoms with Crippen molar-refractivity contribution in [2.75, 3.05) is 13.3 Å². The lowest BCUT2D eigenvalue weighted by Crippen LogP contribution is -2.15. The van der Waals surface area contributed by atoms with Gasteiger partial charge in [-0.05, 0) is 25.1 Å². The van der Waals surface area contributed by atoms with Crippen LogP contribution in [0, 0.1) is 12.0 Å². The molecule has 1 aromatic rings. The number of rotatable bonds is 1. The van der Waals surface area contributed by atoms with Crippen molar-refractivity contribution < 1.29 is 8.42 Å². The Morgan fingerprint density at radius 1 is 1.19 bits per heavy atom. The van der Waals surface area contributed by atoms with Gasteiger partial charge in [-0.1, -0.05) is 18.2 Å². The summed E-state index contributed by atoms with van der Waals surface area (Å²) in [6.45, 7) is 0. The standard InChI is InChI=1S/C9H9NO2S.CH5N.H3N/c1-13(11,12)10-8-7-9-5-3-2-4-6-9;1-2;/h2-6,10H,1H3;2H2,1H3;1H3. The van der Waals surface area contributed by atoms with E-state index in [1.807, 2.05) is 18.2 Å². The van der Waals surface area contributed by atoms with E-state index in [1.165, 1.54) is 7.05 Å². The van der Waals surface area contributed by atoms with E-state index in [-0.39, 0.29) is 6.15 Å². The Hall–Kier alpha value is -1.55. The number of nitrogens with one attached hydrogen (secondary N) is 1. The van der Waals surface area contributed by atoms with Crippen LogP contribution >= 0.6 is 0 Å². The van der Waals surface area contributed by atoms with Gasteiger partial charge in [0.2, 0.25) is 10.0 Å². The molecule has 1 aromatic carbocycles. The first-order chi connectivity index (χ1) is 7.08. The zero-order chi connectivity index (χ0) is 11.7. The molecule has 0 unspecified atom stereocenters. The molecule has 0 fully saturated rings. The van der Waals surface area contributed by atoms with Gasteiger partial charge in [0.25, 0.3) is 0 Å². The third kappa shape index (κ3) is 9.02. The van der Waals surface area contributed by atoms with E-state index in [2.05, 4.69) is 22.4 Å². The second-order valence-electron chi connectivity index (χ2n) is 2.49. The number of sulfonamides is 1. The Morgan fingerprint density at radius 2 is 1.69 bits per heavy atom. The summed E-state index contributed by atoms with van der Waals surface area (Å²) in [6.07, 6.45) is 1.06. The van der Waals surface area contributed by atoms with Crippen molar-refractivity contribution >= 4 is 10.0 Å². The van der Waals surface area contributed by atoms with Gasteiger partial charge >= 0.3 is 0 Å². The number of benzene rings is 1. The molecule has 0 aliphatic heterocycles. The first-order valence-electron chi connectivity index (χ1n) is 4.18. The molecular formula is C10H17N3O2S. The lowest BCUT2D eigenvalue weighted by Gasteiger charge is -1.90. The van der Waals surface area contributed by atoms with Crippen LogP contribution in [-0.2, 0) is 10.0 Å². The van der Waals surface area contributed by atoms with Gasteiger partial charge in [0, 0.05) is 11.6 Å². The maximum Gasteiger partial charge on any atom is 0.236 e. The molecule has 0 aliphatic carbocycles. The quantitative estimate of drug-likeness (QED) is 0.486. The second-order valence-corrected chi connectivity index (χ2v) is 4.24. The summed E-state index contributed by atoms with van der Waals surface area (Å²) < 4.78 is 23.3. The van der Waals surface area contributed by atoms with Gasteiger partial charge in [0.05, 0.1) is 6.26 Å². The van der Waals surface area contributed by atoms with Crippen LogP contribution in [0.1, 0.15) is 5.56 Å². The molecule has 6 heteroatoms. The normalized spacial score (nSPS) is 8.44. The van der Waals surface area contributed by atoms with Crippen LogP contribution in [0.4, 0.5) is 0 Å². The number of nitrogens with two attached hydrogens (primary N) is 1. The largest absolute Gasteiger partial charge is 0.344 e. The van der Waals surface area contributed by atoms with E-state index < -0.39 is 10.0 Å². The zero-order valence-corrected chi connectivity index (χ0v) is 10.2. The molecule has 0 heterocycles. The first kappa shape index (κ1) is 16.9. The summed E-state index contributed by atoms with van der Waals surface area (Å²) in [6, 6.07) is 11.5. The fourth-order valence-corrected chi connectivity index (χ4v) is 0.948. The highest BCUT2D eigenvalue weighted by Gasteiger charge is 1.92. The summed E-state index contributed by atoms with van der Waals surface area (Å²) in [5.74, 6) is 2.66. The lowest BCUT2D eigenvalue weighted by atomic mass is 10.2. The molecule has 1 rings (SSSR count). The molecule has 5 nitrogen and oxygen atoms in total. The Labute approximate surface area is 96.7 Å². The van der Waals surface area contributed by atoms with Crippen LogP contribution in [0.15, 0.2) is 30.3 Å². The SMILES string of the molecule is CN.CS(=O)(=O)NC#Cc1ccccc1.N. The van der Waals surface area contributed by atoms with Gasteiger partial charge in [-0.2, -0.15) is 0 Å². The molecule has 0 saturated heterocycles. The molecule has 0 radical (unpaired) electrons. The van der Waals surface area contributed by atoms with E-state index in [0.29, 0.717) is 0 Å². The minimum absolute atomic E-state index is 0. The van der Waals surface area contributed by atoms with Crippen LogP contribution in [0.25, 0.3) is 0 Å². The smallest absolute Gasteiger partial charge is 0.236 e. The van der Waals surface area contributed by atoms with Crippen LogP contribution in [-0.4, -0.2) is 21.7 Å². The van der Waals surface area contributed by atoms with Crippen molar-refractivity contribution in [1.82, 2.24) is 10.9 Å². The highest BCUT2D eigenvalue weighted by Crippen LogP contribution is 1.93. The highest BCUT2D eigenvalue weighted by atomic mass is 32.2. The molecule has 0 saturated carbocycles. The maximum atomic E-state index is 10.6. The molecule has 0 aromatic heterocycles. The monoisotopic (exact) mass is 243 g/mol. The Balaban J connectivity index is 0. The van der Waals surface area contributed by atoms with E-state index >= 15 is 0 Å². The second kappa shape index (κ2) is 8.73. The molecule has 6 N–H and O–H groups in total. The van der Waals surface area contributed by atoms with Crippen molar-refractivity contribution in [2.24, 2.45) is 5.73 Å². The van der Waals surface area contributed by atoms with Gasteiger partial charge < -0.3 is 11.9 Å². The predicted molar refractivity (Wildman–Crippen MR) is 66.4 cm³/mol. The molecular weight excluding hydrogens is 226 g/mol. The summed E-state index contributed by atoms with van der Waals surface area (Å²) >= 11 is 0. The van der Waals surface area contributed by atoms with E-state index in [0.717, 1.165) is 11.8 Å². The van der Waals surface area contributed by atoms with Crippen LogP contribution in [0.2, 0.25) is 0 Å². The first-order valence-corrected chi connectivity index (χ1v) is 6.08. The Morgan fingerprint density at radius 3 is 2.12 bits per heavy atom. The van der Waals surface area contributed by atoms with Gasteiger partial charge in [-0.25, -0.2) is 13.1 Å². The predicted octanol–water partition coefficient (Wildman–Crippen LogP) is 0.282. The van der Waals surface area contributed by atoms with Crippen LogP contribution in [0.5, 0.6) is 0 Å². The van der Waals surface area contributed by atoms with Crippen molar-refractivity contribution in [1.29, 1.82) is 0 Å².